The van der Waals surface area contributed by atoms with Crippen LogP contribution in [0.5, 0.6) is 11.5 Å². The first-order valence-corrected chi connectivity index (χ1v) is 24.9. The first-order chi connectivity index (χ1) is 33.7. The van der Waals surface area contributed by atoms with Crippen molar-refractivity contribution in [3.05, 3.63) is 79.9 Å². The molecule has 20 heteroatoms. The summed E-state index contributed by atoms with van der Waals surface area (Å²) in [5.41, 5.74) is 0.279. The summed E-state index contributed by atoms with van der Waals surface area (Å²) < 4.78 is 47.8. The van der Waals surface area contributed by atoms with Gasteiger partial charge in [-0.1, -0.05) is 86.9 Å². The van der Waals surface area contributed by atoms with Crippen molar-refractivity contribution in [3.8, 4) is 11.5 Å². The number of methoxy groups -OCH3 is 1. The van der Waals surface area contributed by atoms with E-state index in [-0.39, 0.29) is 35.4 Å². The second kappa shape index (κ2) is 26.5. The smallest absolute Gasteiger partial charge is 0.342 e. The van der Waals surface area contributed by atoms with Crippen molar-refractivity contribution in [2.75, 3.05) is 13.7 Å². The molecule has 4 rings (SSSR count). The molecule has 5 unspecified atom stereocenters. The Bertz CT molecular complexity index is 2220. The summed E-state index contributed by atoms with van der Waals surface area (Å²) in [6, 6.07) is 0. The summed E-state index contributed by atoms with van der Waals surface area (Å²) in [6.07, 6.45) is -5.45. The number of hydrogen-bond acceptors (Lipinski definition) is 18. The quantitative estimate of drug-likeness (QED) is 0.0655. The maximum atomic E-state index is 14.0. The molecular formula is C52H74Cl2O18. The van der Waals surface area contributed by atoms with Crippen molar-refractivity contribution in [1.82, 2.24) is 0 Å². The largest absolute Gasteiger partial charge is 0.505 e. The van der Waals surface area contributed by atoms with Crippen LogP contribution in [0.3, 0.4) is 0 Å². The van der Waals surface area contributed by atoms with E-state index >= 15 is 0 Å². The van der Waals surface area contributed by atoms with Crippen LogP contribution in [0.15, 0.2) is 58.7 Å². The minimum atomic E-state index is -1.57. The molecule has 2 fully saturated rings. The van der Waals surface area contributed by atoms with Gasteiger partial charge >= 0.3 is 17.9 Å². The lowest BCUT2D eigenvalue weighted by Gasteiger charge is -2.47. The Balaban J connectivity index is 1.64. The number of cyclic esters (lactones) is 1. The first-order valence-electron chi connectivity index (χ1n) is 24.2. The standard InChI is InChI=1S/C52H74Cl2O18/c1-13-30-22-26(6)33(56)18-16-15-17-31(23-66-50-44(65-12)40(59)43(29(9)67-50)69-49(64)35-32(14-2)36(53)39(58)37(54)38(35)57)48(63)68-34(28(8)55)20-19-25(5)21-27(7)42(30)71-51-45(70-47(62)24(3)4)41(60)46(61)52(10,11)72-51/h15-17,19,21-22,24,28-30,33-34,40-46,50-51,55-61H,13-14,18,20,23H2,1-12H3/b16-15+,25-19+,26-22+,27-21+,31-17-/t28?,29-,30?,33?,34?,40+,41+,42?,43-,44+,45-,46-,50-,51+/m0/s1. The van der Waals surface area contributed by atoms with Crippen LogP contribution in [0.25, 0.3) is 0 Å². The number of phenolic OH excluding ortho intramolecular Hbond substituents is 2. The van der Waals surface area contributed by atoms with E-state index in [4.69, 9.17) is 61.1 Å². The summed E-state index contributed by atoms with van der Waals surface area (Å²) in [6.45, 7) is 18.0. The Morgan fingerprint density at radius 3 is 2.17 bits per heavy atom. The second-order valence-electron chi connectivity index (χ2n) is 19.4. The van der Waals surface area contributed by atoms with Crippen molar-refractivity contribution in [3.63, 3.8) is 0 Å². The Morgan fingerprint density at radius 2 is 1.57 bits per heavy atom. The van der Waals surface area contributed by atoms with Gasteiger partial charge in [-0.3, -0.25) is 4.79 Å². The average Bonchev–Trinajstić information content (AvgIpc) is 3.32. The number of halogens is 2. The number of carbonyl (C=O) groups is 3. The molecule has 0 amide bonds. The predicted octanol–water partition coefficient (Wildman–Crippen LogP) is 6.23. The van der Waals surface area contributed by atoms with E-state index in [1.54, 1.807) is 53.7 Å². The van der Waals surface area contributed by atoms with Crippen molar-refractivity contribution in [2.45, 2.75) is 187 Å². The number of carbonyl (C=O) groups excluding carboxylic acids is 3. The van der Waals surface area contributed by atoms with Crippen LogP contribution in [-0.4, -0.2) is 153 Å². The van der Waals surface area contributed by atoms with E-state index < -0.39 is 144 Å². The van der Waals surface area contributed by atoms with E-state index in [1.807, 2.05) is 32.9 Å². The Kier molecular flexibility index (Phi) is 22.4. The zero-order chi connectivity index (χ0) is 54.1. The average molecular weight is 1060 g/mol. The van der Waals surface area contributed by atoms with E-state index in [1.165, 1.54) is 33.1 Å². The zero-order valence-electron chi connectivity index (χ0n) is 43.0. The molecule has 7 N–H and O–H groups in total. The van der Waals surface area contributed by atoms with Crippen LogP contribution in [0.1, 0.15) is 111 Å². The lowest BCUT2D eigenvalue weighted by Crippen LogP contribution is -2.64. The fourth-order valence-corrected chi connectivity index (χ4v) is 9.08. The van der Waals surface area contributed by atoms with Crippen molar-refractivity contribution >= 4 is 41.1 Å². The first kappa shape index (κ1) is 60.7. The highest BCUT2D eigenvalue weighted by molar-refractivity contribution is 6.39. The number of rotatable bonds is 13. The molecule has 14 atom stereocenters. The highest BCUT2D eigenvalue weighted by atomic mass is 35.5. The van der Waals surface area contributed by atoms with Gasteiger partial charge in [-0.05, 0) is 90.5 Å². The molecule has 72 heavy (non-hydrogen) atoms. The number of aliphatic hydroxyl groups excluding tert-OH is 5. The summed E-state index contributed by atoms with van der Waals surface area (Å²) in [5, 5.41) is 76.1. The molecule has 1 aromatic rings. The molecule has 2 saturated heterocycles. The summed E-state index contributed by atoms with van der Waals surface area (Å²) >= 11 is 12.3. The third-order valence-electron chi connectivity index (χ3n) is 13.0. The molecule has 3 aliphatic heterocycles. The van der Waals surface area contributed by atoms with Crippen LogP contribution in [0.2, 0.25) is 10.0 Å². The van der Waals surface area contributed by atoms with Gasteiger partial charge in [-0.15, -0.1) is 0 Å². The number of allylic oxidation sites excluding steroid dienone is 4. The number of esters is 3. The lowest BCUT2D eigenvalue weighted by molar-refractivity contribution is -0.333. The number of aromatic hydroxyl groups is 2. The summed E-state index contributed by atoms with van der Waals surface area (Å²) in [4.78, 5) is 40.3. The molecule has 18 nitrogen and oxygen atoms in total. The third-order valence-corrected chi connectivity index (χ3v) is 13.8. The van der Waals surface area contributed by atoms with Crippen molar-refractivity contribution in [2.24, 2.45) is 11.8 Å². The Labute approximate surface area is 431 Å². The molecule has 0 saturated carbocycles. The number of phenols is 2. The highest BCUT2D eigenvalue weighted by Crippen LogP contribution is 2.45. The molecule has 0 bridgehead atoms. The van der Waals surface area contributed by atoms with Gasteiger partial charge in [0.2, 0.25) is 0 Å². The fraction of sp³-hybridized carbons (Fsp3) is 0.635. The molecule has 0 spiro atoms. The summed E-state index contributed by atoms with van der Waals surface area (Å²) in [7, 11) is 1.26. The fourth-order valence-electron chi connectivity index (χ4n) is 8.52. The molecule has 0 radical (unpaired) electrons. The normalized spacial score (nSPS) is 34.8. The number of ether oxygens (including phenoxy) is 8. The molecular weight excluding hydrogens is 983 g/mol. The minimum Gasteiger partial charge on any atom is -0.505 e. The van der Waals surface area contributed by atoms with Gasteiger partial charge < -0.3 is 73.6 Å². The van der Waals surface area contributed by atoms with E-state index in [0.717, 1.165) is 0 Å². The maximum absolute atomic E-state index is 14.0. The van der Waals surface area contributed by atoms with E-state index in [2.05, 4.69) is 0 Å². The SMILES string of the molecule is CCc1c(Cl)c(O)c(Cl)c(O)c1C(=O)O[C@@H]1[C@@H](O)[C@@H](OC)[C@@H](OC/C2=C/C=C/CC(O)/C(C)=C/C(CC)C(O[C@@H]3OC(C)(C)[C@@H](O)[C@H](O)[C@@H]3OC(=O)C(C)C)/C(C)=C/C(C)=C/CC(C(C)O)OC2=O)O[C@H]1C. The van der Waals surface area contributed by atoms with Gasteiger partial charge in [0.05, 0.1) is 53.1 Å². The predicted molar refractivity (Wildman–Crippen MR) is 265 cm³/mol. The topological polar surface area (TPSA) is 267 Å². The van der Waals surface area contributed by atoms with Gasteiger partial charge in [0.25, 0.3) is 0 Å². The van der Waals surface area contributed by atoms with Gasteiger partial charge in [0, 0.05) is 19.4 Å². The van der Waals surface area contributed by atoms with Gasteiger partial charge in [-0.2, -0.15) is 0 Å². The third kappa shape index (κ3) is 14.7. The number of hydrogen-bond donors (Lipinski definition) is 7. The molecule has 3 aliphatic rings. The highest BCUT2D eigenvalue weighted by Gasteiger charge is 2.53. The van der Waals surface area contributed by atoms with Crippen molar-refractivity contribution < 1.29 is 88.0 Å². The maximum Gasteiger partial charge on any atom is 0.342 e. The molecule has 3 heterocycles. The Hall–Kier alpha value is -3.89. The van der Waals surface area contributed by atoms with Gasteiger partial charge in [-0.25, -0.2) is 9.59 Å². The Morgan fingerprint density at radius 1 is 0.903 bits per heavy atom. The van der Waals surface area contributed by atoms with Crippen LogP contribution in [0.4, 0.5) is 0 Å². The number of aliphatic hydroxyl groups is 5. The molecule has 0 aromatic heterocycles. The van der Waals surface area contributed by atoms with E-state index in [0.29, 0.717) is 23.1 Å². The summed E-state index contributed by atoms with van der Waals surface area (Å²) in [5.74, 6) is -4.92. The van der Waals surface area contributed by atoms with Crippen molar-refractivity contribution in [1.29, 1.82) is 0 Å². The van der Waals surface area contributed by atoms with E-state index in [9.17, 15) is 50.1 Å². The molecule has 1 aromatic carbocycles. The minimum absolute atomic E-state index is 0.0387. The van der Waals surface area contributed by atoms with Gasteiger partial charge in [0.15, 0.2) is 36.3 Å². The van der Waals surface area contributed by atoms with Crippen LogP contribution < -0.4 is 0 Å². The molecule has 0 aliphatic carbocycles. The number of benzene rings is 1. The van der Waals surface area contributed by atoms with Crippen LogP contribution in [0, 0.1) is 11.8 Å². The van der Waals surface area contributed by atoms with Crippen LogP contribution in [-0.2, 0) is 53.9 Å². The zero-order valence-corrected chi connectivity index (χ0v) is 44.5. The van der Waals surface area contributed by atoms with Gasteiger partial charge in [0.1, 0.15) is 41.1 Å². The van der Waals surface area contributed by atoms with Crippen LogP contribution >= 0.6 is 23.2 Å². The monoisotopic (exact) mass is 1060 g/mol. The molecule has 404 valence electrons. The second-order valence-corrected chi connectivity index (χ2v) is 20.1. The lowest BCUT2D eigenvalue weighted by atomic mass is 9.88.